The van der Waals surface area contributed by atoms with Crippen molar-refractivity contribution >= 4 is 12.1 Å². The molecule has 5 heteroatoms. The first-order valence-electron chi connectivity index (χ1n) is 21.6. The van der Waals surface area contributed by atoms with Crippen molar-refractivity contribution < 1.29 is 19.0 Å². The Morgan fingerprint density at radius 3 is 1.14 bits per heavy atom. The monoisotopic (exact) mass is 708 g/mol. The van der Waals surface area contributed by atoms with Gasteiger partial charge in [0.2, 0.25) is 6.41 Å². The normalized spacial score (nSPS) is 11.1. The summed E-state index contributed by atoms with van der Waals surface area (Å²) >= 11 is 0. The summed E-state index contributed by atoms with van der Waals surface area (Å²) in [6.07, 6.45) is 38.6. The summed E-state index contributed by atoms with van der Waals surface area (Å²) < 4.78 is 18.6. The maximum Gasteiger partial charge on any atom is 0.211 e. The Hall–Kier alpha value is -2.69. The van der Waals surface area contributed by atoms with Gasteiger partial charge >= 0.3 is 0 Å². The van der Waals surface area contributed by atoms with Gasteiger partial charge < -0.3 is 19.5 Å². The molecular weight excluding hydrogens is 631 g/mol. The van der Waals surface area contributed by atoms with Crippen LogP contribution < -0.4 is 19.5 Å². The van der Waals surface area contributed by atoms with Gasteiger partial charge in [-0.3, -0.25) is 4.79 Å². The SMILES string of the molecule is CCCCCCCCCCCCCCCCOc1cc(COc2ccc(NC=O)cc2)cc(OCCCCCCCCCCCCCCCC)c1. The molecule has 51 heavy (non-hydrogen) atoms. The summed E-state index contributed by atoms with van der Waals surface area (Å²) in [5, 5.41) is 2.66. The number of carbonyl (C=O) groups excluding carboxylic acids is 1. The number of hydrogen-bond donors (Lipinski definition) is 1. The number of benzene rings is 2. The van der Waals surface area contributed by atoms with Crippen LogP contribution in [0.3, 0.4) is 0 Å². The molecule has 0 radical (unpaired) electrons. The quantitative estimate of drug-likeness (QED) is 0.0561. The Morgan fingerprint density at radius 1 is 0.431 bits per heavy atom. The van der Waals surface area contributed by atoms with Gasteiger partial charge in [0, 0.05) is 11.8 Å². The van der Waals surface area contributed by atoms with Crippen LogP contribution in [0.25, 0.3) is 0 Å². The van der Waals surface area contributed by atoms with Crippen LogP contribution in [0.15, 0.2) is 42.5 Å². The molecule has 0 aromatic heterocycles. The highest BCUT2D eigenvalue weighted by Gasteiger charge is 2.06. The molecule has 0 heterocycles. The minimum absolute atomic E-state index is 0.422. The third-order valence-corrected chi connectivity index (χ3v) is 9.96. The molecule has 0 unspecified atom stereocenters. The van der Waals surface area contributed by atoms with Crippen molar-refractivity contribution in [2.45, 2.75) is 200 Å². The minimum atomic E-state index is 0.422. The first-order chi connectivity index (χ1) is 25.2. The molecular formula is C46H77NO4. The average molecular weight is 708 g/mol. The first kappa shape index (κ1) is 44.5. The van der Waals surface area contributed by atoms with Crippen molar-refractivity contribution in [1.82, 2.24) is 0 Å². The van der Waals surface area contributed by atoms with Gasteiger partial charge in [-0.2, -0.15) is 0 Å². The Morgan fingerprint density at radius 2 is 0.784 bits per heavy atom. The summed E-state index contributed by atoms with van der Waals surface area (Å²) in [5.41, 5.74) is 1.77. The lowest BCUT2D eigenvalue weighted by Crippen LogP contribution is -2.03. The summed E-state index contributed by atoms with van der Waals surface area (Å²) in [7, 11) is 0. The summed E-state index contributed by atoms with van der Waals surface area (Å²) in [6.45, 7) is 6.46. The van der Waals surface area contributed by atoms with Crippen LogP contribution in [0.1, 0.15) is 199 Å². The predicted molar refractivity (Wildman–Crippen MR) is 219 cm³/mol. The number of unbranched alkanes of at least 4 members (excludes halogenated alkanes) is 26. The highest BCUT2D eigenvalue weighted by Crippen LogP contribution is 2.26. The van der Waals surface area contributed by atoms with Crippen molar-refractivity contribution in [2.24, 2.45) is 0 Å². The minimum Gasteiger partial charge on any atom is -0.493 e. The summed E-state index contributed by atoms with van der Waals surface area (Å²) in [4.78, 5) is 10.7. The van der Waals surface area contributed by atoms with E-state index < -0.39 is 0 Å². The van der Waals surface area contributed by atoms with Gasteiger partial charge in [-0.1, -0.05) is 181 Å². The number of hydrogen-bond acceptors (Lipinski definition) is 4. The Labute approximate surface area is 314 Å². The first-order valence-corrected chi connectivity index (χ1v) is 21.6. The lowest BCUT2D eigenvalue weighted by Gasteiger charge is -2.14. The number of rotatable bonds is 37. The molecule has 2 rings (SSSR count). The fourth-order valence-corrected chi connectivity index (χ4v) is 6.74. The fourth-order valence-electron chi connectivity index (χ4n) is 6.74. The van der Waals surface area contributed by atoms with E-state index >= 15 is 0 Å². The van der Waals surface area contributed by atoms with Gasteiger partial charge in [-0.05, 0) is 54.8 Å². The molecule has 2 aromatic carbocycles. The Kier molecular flexibility index (Phi) is 28.9. The number of amides is 1. The lowest BCUT2D eigenvalue weighted by atomic mass is 10.0. The third-order valence-electron chi connectivity index (χ3n) is 9.96. The summed E-state index contributed by atoms with van der Waals surface area (Å²) in [6, 6.07) is 13.6. The summed E-state index contributed by atoms with van der Waals surface area (Å²) in [5.74, 6) is 2.46. The average Bonchev–Trinajstić information content (AvgIpc) is 3.14. The smallest absolute Gasteiger partial charge is 0.211 e. The van der Waals surface area contributed by atoms with E-state index in [0.717, 1.165) is 54.6 Å². The fraction of sp³-hybridized carbons (Fsp3) is 0.717. The molecule has 290 valence electrons. The van der Waals surface area contributed by atoms with E-state index in [1.165, 1.54) is 167 Å². The third kappa shape index (κ3) is 25.8. The number of ether oxygens (including phenoxy) is 3. The van der Waals surface area contributed by atoms with Crippen LogP contribution in [0.5, 0.6) is 17.2 Å². The zero-order chi connectivity index (χ0) is 36.3. The van der Waals surface area contributed by atoms with Crippen molar-refractivity contribution in [3.8, 4) is 17.2 Å². The van der Waals surface area contributed by atoms with Crippen molar-refractivity contribution in [3.05, 3.63) is 48.0 Å². The second-order valence-corrected chi connectivity index (χ2v) is 14.8. The van der Waals surface area contributed by atoms with Crippen molar-refractivity contribution in [3.63, 3.8) is 0 Å². The Bertz CT molecular complexity index is 1000. The van der Waals surface area contributed by atoms with E-state index in [9.17, 15) is 4.79 Å². The van der Waals surface area contributed by atoms with Crippen LogP contribution in [0.2, 0.25) is 0 Å². The molecule has 0 bridgehead atoms. The topological polar surface area (TPSA) is 56.8 Å². The molecule has 0 fully saturated rings. The van der Waals surface area contributed by atoms with E-state index in [1.54, 1.807) is 0 Å². The van der Waals surface area contributed by atoms with Gasteiger partial charge in [0.15, 0.2) is 0 Å². The molecule has 5 nitrogen and oxygen atoms in total. The van der Waals surface area contributed by atoms with Crippen LogP contribution in [0, 0.1) is 0 Å². The van der Waals surface area contributed by atoms with Crippen LogP contribution in [0.4, 0.5) is 5.69 Å². The molecule has 0 atom stereocenters. The zero-order valence-corrected chi connectivity index (χ0v) is 33.2. The van der Waals surface area contributed by atoms with Gasteiger partial charge in [0.05, 0.1) is 13.2 Å². The van der Waals surface area contributed by atoms with E-state index in [0.29, 0.717) is 13.0 Å². The number of nitrogens with one attached hydrogen (secondary N) is 1. The van der Waals surface area contributed by atoms with Crippen molar-refractivity contribution in [1.29, 1.82) is 0 Å². The predicted octanol–water partition coefficient (Wildman–Crippen LogP) is 14.6. The van der Waals surface area contributed by atoms with Gasteiger partial charge in [0.25, 0.3) is 0 Å². The molecule has 1 amide bonds. The van der Waals surface area contributed by atoms with Crippen LogP contribution in [-0.4, -0.2) is 19.6 Å². The van der Waals surface area contributed by atoms with Crippen LogP contribution in [-0.2, 0) is 11.4 Å². The van der Waals surface area contributed by atoms with Crippen molar-refractivity contribution in [2.75, 3.05) is 18.5 Å². The maximum absolute atomic E-state index is 10.7. The number of anilines is 1. The zero-order valence-electron chi connectivity index (χ0n) is 33.2. The molecule has 0 aliphatic rings. The van der Waals surface area contributed by atoms with Crippen LogP contribution >= 0.6 is 0 Å². The second-order valence-electron chi connectivity index (χ2n) is 14.8. The Balaban J connectivity index is 1.65. The van der Waals surface area contributed by atoms with Gasteiger partial charge in [-0.15, -0.1) is 0 Å². The highest BCUT2D eigenvalue weighted by molar-refractivity contribution is 5.71. The molecule has 0 aliphatic carbocycles. The molecule has 0 saturated carbocycles. The standard InChI is InChI=1S/C46H77NO4/c1-3-5-7-9-11-13-15-17-19-21-23-25-27-29-35-49-45-37-42(40-51-44-33-31-43(32-34-44)47-41-48)38-46(39-45)50-36-30-28-26-24-22-20-18-16-14-12-10-8-6-4-2/h31-34,37-39,41H,3-30,35-36,40H2,1-2H3,(H,47,48). The lowest BCUT2D eigenvalue weighted by molar-refractivity contribution is -0.105. The highest BCUT2D eigenvalue weighted by atomic mass is 16.5. The largest absolute Gasteiger partial charge is 0.493 e. The van der Waals surface area contributed by atoms with E-state index in [1.807, 2.05) is 30.3 Å². The number of carbonyl (C=O) groups is 1. The molecule has 0 aliphatic heterocycles. The van der Waals surface area contributed by atoms with E-state index in [2.05, 4.69) is 31.3 Å². The second kappa shape index (κ2) is 33.2. The van der Waals surface area contributed by atoms with Gasteiger partial charge in [0.1, 0.15) is 23.9 Å². The molecule has 0 spiro atoms. The maximum atomic E-state index is 10.7. The molecule has 1 N–H and O–H groups in total. The molecule has 0 saturated heterocycles. The van der Waals surface area contributed by atoms with E-state index in [-0.39, 0.29) is 0 Å². The van der Waals surface area contributed by atoms with E-state index in [4.69, 9.17) is 14.2 Å². The van der Waals surface area contributed by atoms with Gasteiger partial charge in [-0.25, -0.2) is 0 Å². The molecule has 2 aromatic rings.